The van der Waals surface area contributed by atoms with Crippen LogP contribution in [0.3, 0.4) is 0 Å². The molecule has 6 nitrogen and oxygen atoms in total. The molecule has 0 amide bonds. The maximum absolute atomic E-state index is 10.7. The van der Waals surface area contributed by atoms with Crippen LogP contribution < -0.4 is 11.5 Å². The highest BCUT2D eigenvalue weighted by Crippen LogP contribution is 2.22. The summed E-state index contributed by atoms with van der Waals surface area (Å²) in [4.78, 5) is 10.2. The van der Waals surface area contributed by atoms with Gasteiger partial charge in [-0.3, -0.25) is 10.1 Å². The Morgan fingerprint density at radius 2 is 2.36 bits per heavy atom. The Balaban J connectivity index is 2.96. The van der Waals surface area contributed by atoms with Crippen molar-refractivity contribution < 1.29 is 10.0 Å². The summed E-state index contributed by atoms with van der Waals surface area (Å²) in [5, 5.41) is 19.5. The van der Waals surface area contributed by atoms with E-state index >= 15 is 0 Å². The third kappa shape index (κ3) is 1.91. The minimum Gasteiger partial charge on any atom is -0.399 e. The minimum absolute atomic E-state index is 0.138. The molecular formula is C8H13N3O3. The third-order valence-corrected chi connectivity index (χ3v) is 2.26. The number of hydrogen-bond acceptors (Lipinski definition) is 5. The largest absolute Gasteiger partial charge is 0.399 e. The van der Waals surface area contributed by atoms with Crippen LogP contribution in [0.4, 0.5) is 0 Å². The van der Waals surface area contributed by atoms with Gasteiger partial charge in [0.25, 0.3) is 6.04 Å². The molecule has 2 unspecified atom stereocenters. The standard InChI is InChI=1S/C8H13N3O3/c9-6-1-2-8(10,3-4-12)7(5-6)11(13)14/h1-2,5,7,12H,3-4,9-10H2. The van der Waals surface area contributed by atoms with Crippen molar-refractivity contribution in [3.63, 3.8) is 0 Å². The van der Waals surface area contributed by atoms with Crippen molar-refractivity contribution in [2.45, 2.75) is 18.0 Å². The number of nitrogens with two attached hydrogens (primary N) is 2. The first-order valence-electron chi connectivity index (χ1n) is 4.19. The van der Waals surface area contributed by atoms with Crippen LogP contribution in [0.2, 0.25) is 0 Å². The number of aliphatic hydroxyl groups is 1. The highest BCUT2D eigenvalue weighted by atomic mass is 16.6. The molecular weight excluding hydrogens is 186 g/mol. The Morgan fingerprint density at radius 3 is 2.86 bits per heavy atom. The fourth-order valence-electron chi connectivity index (χ4n) is 1.42. The normalized spacial score (nSPS) is 31.3. The van der Waals surface area contributed by atoms with Crippen LogP contribution in [-0.2, 0) is 0 Å². The molecule has 0 saturated heterocycles. The monoisotopic (exact) mass is 199 g/mol. The van der Waals surface area contributed by atoms with Crippen molar-refractivity contribution >= 4 is 0 Å². The highest BCUT2D eigenvalue weighted by molar-refractivity contribution is 5.30. The zero-order valence-electron chi connectivity index (χ0n) is 7.59. The molecule has 5 N–H and O–H groups in total. The van der Waals surface area contributed by atoms with Gasteiger partial charge in [-0.15, -0.1) is 0 Å². The van der Waals surface area contributed by atoms with Crippen LogP contribution in [0.25, 0.3) is 0 Å². The van der Waals surface area contributed by atoms with Crippen molar-refractivity contribution in [2.75, 3.05) is 6.61 Å². The van der Waals surface area contributed by atoms with Crippen molar-refractivity contribution in [3.8, 4) is 0 Å². The quantitative estimate of drug-likeness (QED) is 0.403. The van der Waals surface area contributed by atoms with Crippen LogP contribution in [0, 0.1) is 10.1 Å². The molecule has 0 radical (unpaired) electrons. The number of nitrogens with zero attached hydrogens (tertiary/aromatic N) is 1. The van der Waals surface area contributed by atoms with Gasteiger partial charge in [0.05, 0.1) is 0 Å². The SMILES string of the molecule is NC1=CC([N+](=O)[O-])C(N)(CCO)C=C1. The van der Waals surface area contributed by atoms with E-state index in [1.807, 2.05) is 0 Å². The van der Waals surface area contributed by atoms with Gasteiger partial charge in [-0.25, -0.2) is 0 Å². The van der Waals surface area contributed by atoms with Gasteiger partial charge in [0.15, 0.2) is 0 Å². The molecule has 0 aromatic heterocycles. The summed E-state index contributed by atoms with van der Waals surface area (Å²) in [7, 11) is 0. The molecule has 0 fully saturated rings. The lowest BCUT2D eigenvalue weighted by Gasteiger charge is -2.28. The molecule has 0 bridgehead atoms. The van der Waals surface area contributed by atoms with Crippen LogP contribution >= 0.6 is 0 Å². The van der Waals surface area contributed by atoms with Gasteiger partial charge in [0.1, 0.15) is 5.54 Å². The molecule has 2 atom stereocenters. The topological polar surface area (TPSA) is 115 Å². The van der Waals surface area contributed by atoms with Crippen molar-refractivity contribution in [1.82, 2.24) is 0 Å². The molecule has 78 valence electrons. The number of rotatable bonds is 3. The van der Waals surface area contributed by atoms with Gasteiger partial charge in [-0.2, -0.15) is 0 Å². The van der Waals surface area contributed by atoms with E-state index in [1.54, 1.807) is 0 Å². The Hall–Kier alpha value is -1.40. The van der Waals surface area contributed by atoms with Gasteiger partial charge in [-0.1, -0.05) is 6.08 Å². The molecule has 0 heterocycles. The first kappa shape index (κ1) is 10.7. The second-order valence-electron chi connectivity index (χ2n) is 3.32. The van der Waals surface area contributed by atoms with Crippen LogP contribution in [0.15, 0.2) is 23.9 Å². The summed E-state index contributed by atoms with van der Waals surface area (Å²) in [5.41, 5.74) is 10.4. The zero-order valence-corrected chi connectivity index (χ0v) is 7.59. The predicted octanol–water partition coefficient (Wildman–Crippen LogP) is -0.876. The molecule has 0 aromatic rings. The van der Waals surface area contributed by atoms with Crippen LogP contribution in [0.5, 0.6) is 0 Å². The van der Waals surface area contributed by atoms with Gasteiger partial charge >= 0.3 is 0 Å². The van der Waals surface area contributed by atoms with E-state index in [1.165, 1.54) is 18.2 Å². The van der Waals surface area contributed by atoms with Crippen molar-refractivity contribution in [3.05, 3.63) is 34.0 Å². The number of aliphatic hydroxyl groups excluding tert-OH is 1. The summed E-state index contributed by atoms with van der Waals surface area (Å²) in [6.45, 7) is -0.196. The first-order chi connectivity index (χ1) is 6.49. The van der Waals surface area contributed by atoms with Gasteiger partial charge in [-0.05, 0) is 12.5 Å². The van der Waals surface area contributed by atoms with Crippen molar-refractivity contribution in [2.24, 2.45) is 11.5 Å². The third-order valence-electron chi connectivity index (χ3n) is 2.26. The van der Waals surface area contributed by atoms with Gasteiger partial charge in [0.2, 0.25) is 0 Å². The maximum Gasteiger partial charge on any atom is 0.254 e. The summed E-state index contributed by atoms with van der Waals surface area (Å²) in [6, 6.07) is -1.07. The lowest BCUT2D eigenvalue weighted by molar-refractivity contribution is -0.518. The van der Waals surface area contributed by atoms with E-state index < -0.39 is 16.5 Å². The summed E-state index contributed by atoms with van der Waals surface area (Å²) in [5.74, 6) is 0. The number of allylic oxidation sites excluding steroid dienone is 1. The fraction of sp³-hybridized carbons (Fsp3) is 0.500. The second-order valence-corrected chi connectivity index (χ2v) is 3.32. The number of nitro groups is 1. The van der Waals surface area contributed by atoms with Crippen LogP contribution in [0.1, 0.15) is 6.42 Å². The van der Waals surface area contributed by atoms with Crippen LogP contribution in [-0.4, -0.2) is 28.2 Å². The molecule has 0 aliphatic heterocycles. The predicted molar refractivity (Wildman–Crippen MR) is 50.8 cm³/mol. The molecule has 0 aromatic carbocycles. The molecule has 6 heteroatoms. The smallest absolute Gasteiger partial charge is 0.254 e. The fourth-order valence-corrected chi connectivity index (χ4v) is 1.42. The molecule has 14 heavy (non-hydrogen) atoms. The second kappa shape index (κ2) is 3.77. The zero-order chi connectivity index (χ0) is 10.8. The summed E-state index contributed by atoms with van der Waals surface area (Å²) in [6.07, 6.45) is 4.44. The van der Waals surface area contributed by atoms with E-state index in [0.717, 1.165) is 0 Å². The average molecular weight is 199 g/mol. The summed E-state index contributed by atoms with van der Waals surface area (Å²) < 4.78 is 0. The van der Waals surface area contributed by atoms with Gasteiger partial charge < -0.3 is 16.6 Å². The van der Waals surface area contributed by atoms with Gasteiger partial charge in [0, 0.05) is 23.3 Å². The Bertz CT molecular complexity index is 300. The lowest BCUT2D eigenvalue weighted by atomic mass is 9.84. The Morgan fingerprint density at radius 1 is 1.71 bits per heavy atom. The van der Waals surface area contributed by atoms with E-state index in [-0.39, 0.29) is 13.0 Å². The highest BCUT2D eigenvalue weighted by Gasteiger charge is 2.41. The molecule has 1 aliphatic rings. The summed E-state index contributed by atoms with van der Waals surface area (Å²) >= 11 is 0. The Kier molecular flexibility index (Phi) is 2.87. The van der Waals surface area contributed by atoms with E-state index in [9.17, 15) is 10.1 Å². The van der Waals surface area contributed by atoms with E-state index in [2.05, 4.69) is 0 Å². The first-order valence-corrected chi connectivity index (χ1v) is 4.19. The maximum atomic E-state index is 10.7. The lowest BCUT2D eigenvalue weighted by Crippen LogP contribution is -2.54. The van der Waals surface area contributed by atoms with E-state index in [0.29, 0.717) is 5.70 Å². The molecule has 0 spiro atoms. The minimum atomic E-state index is -1.14. The Labute approximate surface area is 81.0 Å². The van der Waals surface area contributed by atoms with Crippen molar-refractivity contribution in [1.29, 1.82) is 0 Å². The molecule has 0 saturated carbocycles. The molecule has 1 aliphatic carbocycles. The number of hydrogen-bond donors (Lipinski definition) is 3. The molecule has 1 rings (SSSR count). The average Bonchev–Trinajstić information content (AvgIpc) is 2.10. The van der Waals surface area contributed by atoms with E-state index in [4.69, 9.17) is 16.6 Å².